The Morgan fingerprint density at radius 3 is 2.76 bits per heavy atom. The summed E-state index contributed by atoms with van der Waals surface area (Å²) >= 11 is 0. The van der Waals surface area contributed by atoms with E-state index in [1.165, 1.54) is 13.2 Å². The number of hydrogen-bond acceptors (Lipinski definition) is 4. The van der Waals surface area contributed by atoms with Crippen molar-refractivity contribution in [3.8, 4) is 5.75 Å². The van der Waals surface area contributed by atoms with Gasteiger partial charge < -0.3 is 10.1 Å². The maximum atomic E-state index is 13.8. The lowest BCUT2D eigenvalue weighted by Crippen LogP contribution is -2.24. The average molecular weight is 289 g/mol. The van der Waals surface area contributed by atoms with Crippen LogP contribution >= 0.6 is 0 Å². The SMILES string of the molecule is CCNC(Cc1ccc(OC)c(F)c1)c1ccnc(C)n1. The Kier molecular flexibility index (Phi) is 5.22. The van der Waals surface area contributed by atoms with Crippen molar-refractivity contribution < 1.29 is 9.13 Å². The lowest BCUT2D eigenvalue weighted by Gasteiger charge is -2.18. The van der Waals surface area contributed by atoms with Gasteiger partial charge in [0.25, 0.3) is 0 Å². The molecule has 0 aliphatic heterocycles. The number of aryl methyl sites for hydroxylation is 1. The second-order valence-corrected chi connectivity index (χ2v) is 4.81. The lowest BCUT2D eigenvalue weighted by molar-refractivity contribution is 0.386. The predicted octanol–water partition coefficient (Wildman–Crippen LogP) is 2.83. The van der Waals surface area contributed by atoms with E-state index >= 15 is 0 Å². The Morgan fingerprint density at radius 2 is 2.14 bits per heavy atom. The molecule has 0 radical (unpaired) electrons. The Labute approximate surface area is 124 Å². The van der Waals surface area contributed by atoms with Gasteiger partial charge in [-0.1, -0.05) is 13.0 Å². The number of nitrogens with zero attached hydrogens (tertiary/aromatic N) is 2. The molecule has 112 valence electrons. The fourth-order valence-corrected chi connectivity index (χ4v) is 2.27. The summed E-state index contributed by atoms with van der Waals surface area (Å²) in [5.74, 6) is 0.650. The van der Waals surface area contributed by atoms with Crippen LogP contribution in [0.25, 0.3) is 0 Å². The maximum absolute atomic E-state index is 13.8. The van der Waals surface area contributed by atoms with E-state index in [0.29, 0.717) is 6.42 Å². The predicted molar refractivity (Wildman–Crippen MR) is 79.8 cm³/mol. The zero-order valence-corrected chi connectivity index (χ0v) is 12.6. The minimum atomic E-state index is -0.343. The molecular weight excluding hydrogens is 269 g/mol. The molecule has 5 heteroatoms. The highest BCUT2D eigenvalue weighted by Crippen LogP contribution is 2.22. The fourth-order valence-electron chi connectivity index (χ4n) is 2.27. The number of aromatic nitrogens is 2. The van der Waals surface area contributed by atoms with Gasteiger partial charge in [-0.05, 0) is 43.7 Å². The van der Waals surface area contributed by atoms with E-state index in [9.17, 15) is 4.39 Å². The molecule has 0 bridgehead atoms. The molecule has 0 fully saturated rings. The summed E-state index contributed by atoms with van der Waals surface area (Å²) in [6.45, 7) is 4.71. The summed E-state index contributed by atoms with van der Waals surface area (Å²) in [6.07, 6.45) is 2.40. The van der Waals surface area contributed by atoms with Crippen molar-refractivity contribution in [2.24, 2.45) is 0 Å². The Hall–Kier alpha value is -2.01. The van der Waals surface area contributed by atoms with Gasteiger partial charge in [0.1, 0.15) is 5.82 Å². The first kappa shape index (κ1) is 15.4. The zero-order valence-electron chi connectivity index (χ0n) is 12.6. The molecule has 1 atom stereocenters. The first-order valence-corrected chi connectivity index (χ1v) is 6.99. The molecule has 21 heavy (non-hydrogen) atoms. The van der Waals surface area contributed by atoms with Gasteiger partial charge in [0.2, 0.25) is 0 Å². The van der Waals surface area contributed by atoms with Crippen molar-refractivity contribution in [2.75, 3.05) is 13.7 Å². The molecule has 4 nitrogen and oxygen atoms in total. The number of rotatable bonds is 6. The molecular formula is C16H20FN3O. The minimum Gasteiger partial charge on any atom is -0.494 e. The molecule has 1 aromatic heterocycles. The standard InChI is InChI=1S/C16H20FN3O/c1-4-18-15(14-7-8-19-11(2)20-14)10-12-5-6-16(21-3)13(17)9-12/h5-9,15,18H,4,10H2,1-3H3. The van der Waals surface area contributed by atoms with Crippen molar-refractivity contribution in [2.45, 2.75) is 26.3 Å². The molecule has 0 saturated heterocycles. The van der Waals surface area contributed by atoms with Gasteiger partial charge in [-0.3, -0.25) is 0 Å². The molecule has 0 saturated carbocycles. The van der Waals surface area contributed by atoms with Gasteiger partial charge in [0.15, 0.2) is 11.6 Å². The van der Waals surface area contributed by atoms with Crippen LogP contribution in [0.2, 0.25) is 0 Å². The largest absolute Gasteiger partial charge is 0.494 e. The first-order valence-electron chi connectivity index (χ1n) is 6.99. The summed E-state index contributed by atoms with van der Waals surface area (Å²) in [7, 11) is 1.46. The Balaban J connectivity index is 2.22. The summed E-state index contributed by atoms with van der Waals surface area (Å²) in [5.41, 5.74) is 1.82. The topological polar surface area (TPSA) is 47.0 Å². The molecule has 1 heterocycles. The first-order chi connectivity index (χ1) is 10.1. The van der Waals surface area contributed by atoms with Gasteiger partial charge in [0.05, 0.1) is 18.8 Å². The van der Waals surface area contributed by atoms with E-state index in [0.717, 1.165) is 23.6 Å². The highest BCUT2D eigenvalue weighted by molar-refractivity contribution is 5.30. The third-order valence-electron chi connectivity index (χ3n) is 3.26. The van der Waals surface area contributed by atoms with E-state index in [4.69, 9.17) is 4.74 Å². The van der Waals surface area contributed by atoms with Crippen LogP contribution in [0.1, 0.15) is 30.0 Å². The Bertz CT molecular complexity index is 604. The maximum Gasteiger partial charge on any atom is 0.165 e. The van der Waals surface area contributed by atoms with E-state index < -0.39 is 0 Å². The van der Waals surface area contributed by atoms with Crippen LogP contribution in [0, 0.1) is 12.7 Å². The monoisotopic (exact) mass is 289 g/mol. The fraction of sp³-hybridized carbons (Fsp3) is 0.375. The second kappa shape index (κ2) is 7.13. The van der Waals surface area contributed by atoms with Gasteiger partial charge in [-0.15, -0.1) is 0 Å². The van der Waals surface area contributed by atoms with Crippen molar-refractivity contribution >= 4 is 0 Å². The van der Waals surface area contributed by atoms with Crippen molar-refractivity contribution in [3.05, 3.63) is 53.4 Å². The zero-order chi connectivity index (χ0) is 15.2. The highest BCUT2D eigenvalue weighted by atomic mass is 19.1. The summed E-state index contributed by atoms with van der Waals surface area (Å²) < 4.78 is 18.7. The molecule has 1 aromatic carbocycles. The quantitative estimate of drug-likeness (QED) is 0.888. The van der Waals surface area contributed by atoms with E-state index in [-0.39, 0.29) is 17.6 Å². The molecule has 0 spiro atoms. The molecule has 0 aliphatic rings. The summed E-state index contributed by atoms with van der Waals surface area (Å²) in [6, 6.07) is 6.96. The molecule has 0 amide bonds. The number of methoxy groups -OCH3 is 1. The summed E-state index contributed by atoms with van der Waals surface area (Å²) in [5, 5.41) is 3.38. The normalized spacial score (nSPS) is 12.2. The smallest absolute Gasteiger partial charge is 0.165 e. The van der Waals surface area contributed by atoms with Crippen molar-refractivity contribution in [3.63, 3.8) is 0 Å². The lowest BCUT2D eigenvalue weighted by atomic mass is 10.0. The van der Waals surface area contributed by atoms with Crippen molar-refractivity contribution in [1.29, 1.82) is 0 Å². The van der Waals surface area contributed by atoms with Crippen LogP contribution in [0.15, 0.2) is 30.5 Å². The molecule has 2 aromatic rings. The van der Waals surface area contributed by atoms with Crippen LogP contribution in [-0.4, -0.2) is 23.6 Å². The van der Waals surface area contributed by atoms with Crippen LogP contribution in [0.5, 0.6) is 5.75 Å². The van der Waals surface area contributed by atoms with Crippen LogP contribution < -0.4 is 10.1 Å². The van der Waals surface area contributed by atoms with E-state index in [1.54, 1.807) is 12.3 Å². The van der Waals surface area contributed by atoms with E-state index in [2.05, 4.69) is 15.3 Å². The van der Waals surface area contributed by atoms with Gasteiger partial charge in [-0.2, -0.15) is 0 Å². The number of nitrogens with one attached hydrogen (secondary N) is 1. The van der Waals surface area contributed by atoms with E-state index in [1.807, 2.05) is 26.0 Å². The molecule has 0 aliphatic carbocycles. The van der Waals surface area contributed by atoms with Crippen molar-refractivity contribution in [1.82, 2.24) is 15.3 Å². The summed E-state index contributed by atoms with van der Waals surface area (Å²) in [4.78, 5) is 8.56. The van der Waals surface area contributed by atoms with Gasteiger partial charge in [0, 0.05) is 6.20 Å². The number of ether oxygens (including phenoxy) is 1. The minimum absolute atomic E-state index is 0.0319. The number of hydrogen-bond donors (Lipinski definition) is 1. The van der Waals surface area contributed by atoms with Gasteiger partial charge in [-0.25, -0.2) is 14.4 Å². The second-order valence-electron chi connectivity index (χ2n) is 4.81. The molecule has 1 N–H and O–H groups in total. The molecule has 2 rings (SSSR count). The average Bonchev–Trinajstić information content (AvgIpc) is 2.47. The van der Waals surface area contributed by atoms with Gasteiger partial charge >= 0.3 is 0 Å². The molecule has 1 unspecified atom stereocenters. The number of halogens is 1. The Morgan fingerprint density at radius 1 is 1.33 bits per heavy atom. The highest BCUT2D eigenvalue weighted by Gasteiger charge is 2.14. The third kappa shape index (κ3) is 3.98. The number of benzene rings is 1. The van der Waals surface area contributed by atoms with Crippen LogP contribution in [-0.2, 0) is 6.42 Å². The van der Waals surface area contributed by atoms with Crippen LogP contribution in [0.3, 0.4) is 0 Å². The van der Waals surface area contributed by atoms with Crippen LogP contribution in [0.4, 0.5) is 4.39 Å². The third-order valence-corrected chi connectivity index (χ3v) is 3.26. The number of likely N-dealkylation sites (N-methyl/N-ethyl adjacent to an activating group) is 1.